The largest absolute Gasteiger partial charge is 0.481 e. The van der Waals surface area contributed by atoms with Crippen molar-refractivity contribution in [3.8, 4) is 5.88 Å². The number of hydrogen-bond acceptors (Lipinski definition) is 4. The number of rotatable bonds is 4. The molecule has 1 aliphatic rings. The van der Waals surface area contributed by atoms with Crippen LogP contribution in [0.2, 0.25) is 0 Å². The van der Waals surface area contributed by atoms with Gasteiger partial charge in [0, 0.05) is 25.2 Å². The van der Waals surface area contributed by atoms with Crippen molar-refractivity contribution < 1.29 is 9.53 Å². The third-order valence-electron chi connectivity index (χ3n) is 3.49. The highest BCUT2D eigenvalue weighted by Gasteiger charge is 2.44. The number of carbonyl (C=O) groups excluding carboxylic acids is 1. The van der Waals surface area contributed by atoms with Crippen molar-refractivity contribution in [2.75, 3.05) is 12.4 Å². The number of carbonyl (C=O) groups is 1. The number of hydrogen-bond donors (Lipinski definition) is 1. The molecule has 1 aliphatic carbocycles. The number of amides is 1. The molecule has 2 heterocycles. The first kappa shape index (κ1) is 12.7. The molecule has 1 N–H and O–H groups in total. The summed E-state index contributed by atoms with van der Waals surface area (Å²) in [5, 5.41) is 7.01. The zero-order chi connectivity index (χ0) is 14.1. The Morgan fingerprint density at radius 3 is 2.90 bits per heavy atom. The number of methoxy groups -OCH3 is 1. The second-order valence-corrected chi connectivity index (χ2v) is 4.97. The Bertz CT molecular complexity index is 620. The van der Waals surface area contributed by atoms with Crippen molar-refractivity contribution in [1.82, 2.24) is 14.8 Å². The molecule has 2 atom stereocenters. The molecule has 2 aromatic heterocycles. The van der Waals surface area contributed by atoms with Crippen LogP contribution in [0.1, 0.15) is 17.9 Å². The Kier molecular flexibility index (Phi) is 3.14. The molecule has 3 rings (SSSR count). The van der Waals surface area contributed by atoms with Gasteiger partial charge in [-0.25, -0.2) is 4.98 Å². The third-order valence-corrected chi connectivity index (χ3v) is 3.49. The van der Waals surface area contributed by atoms with Crippen molar-refractivity contribution >= 4 is 11.6 Å². The average Bonchev–Trinajstić information content (AvgIpc) is 3.15. The van der Waals surface area contributed by atoms with Gasteiger partial charge in [0.2, 0.25) is 11.8 Å². The van der Waals surface area contributed by atoms with E-state index in [4.69, 9.17) is 4.74 Å². The van der Waals surface area contributed by atoms with Crippen LogP contribution < -0.4 is 10.1 Å². The Balaban J connectivity index is 1.60. The van der Waals surface area contributed by atoms with E-state index in [0.717, 1.165) is 12.0 Å². The minimum absolute atomic E-state index is 0.0290. The monoisotopic (exact) mass is 272 g/mol. The molecule has 0 aliphatic heterocycles. The highest BCUT2D eigenvalue weighted by molar-refractivity contribution is 5.95. The molecule has 0 saturated heterocycles. The molecule has 20 heavy (non-hydrogen) atoms. The number of aryl methyl sites for hydroxylation is 1. The number of aromatic nitrogens is 3. The lowest BCUT2D eigenvalue weighted by atomic mass is 10.2. The second kappa shape index (κ2) is 4.96. The van der Waals surface area contributed by atoms with Crippen LogP contribution in [0.25, 0.3) is 0 Å². The van der Waals surface area contributed by atoms with Crippen molar-refractivity contribution in [3.05, 3.63) is 36.3 Å². The van der Waals surface area contributed by atoms with Gasteiger partial charge in [-0.3, -0.25) is 9.48 Å². The topological polar surface area (TPSA) is 69.0 Å². The Morgan fingerprint density at radius 1 is 1.45 bits per heavy atom. The van der Waals surface area contributed by atoms with Gasteiger partial charge in [0.15, 0.2) is 0 Å². The van der Waals surface area contributed by atoms with Gasteiger partial charge in [0.1, 0.15) is 0 Å². The lowest BCUT2D eigenvalue weighted by molar-refractivity contribution is -0.117. The van der Waals surface area contributed by atoms with Gasteiger partial charge in [0.05, 0.1) is 25.2 Å². The Hall–Kier alpha value is -2.37. The first-order valence-electron chi connectivity index (χ1n) is 6.47. The van der Waals surface area contributed by atoms with E-state index in [1.807, 2.05) is 19.4 Å². The van der Waals surface area contributed by atoms with Crippen LogP contribution in [0.15, 0.2) is 30.7 Å². The lowest BCUT2D eigenvalue weighted by Gasteiger charge is -2.05. The van der Waals surface area contributed by atoms with E-state index >= 15 is 0 Å². The summed E-state index contributed by atoms with van der Waals surface area (Å²) in [4.78, 5) is 16.2. The fraction of sp³-hybridized carbons (Fsp3) is 0.357. The summed E-state index contributed by atoms with van der Waals surface area (Å²) >= 11 is 0. The van der Waals surface area contributed by atoms with Gasteiger partial charge in [-0.05, 0) is 24.0 Å². The molecule has 6 heteroatoms. The van der Waals surface area contributed by atoms with E-state index in [1.165, 1.54) is 0 Å². The Labute approximate surface area is 116 Å². The van der Waals surface area contributed by atoms with Gasteiger partial charge in [-0.15, -0.1) is 0 Å². The molecule has 0 unspecified atom stereocenters. The van der Waals surface area contributed by atoms with Crippen LogP contribution >= 0.6 is 0 Å². The predicted octanol–water partition coefficient (Wildman–Crippen LogP) is 1.57. The maximum Gasteiger partial charge on any atom is 0.228 e. The molecule has 2 aromatic rings. The maximum absolute atomic E-state index is 12.1. The minimum Gasteiger partial charge on any atom is -0.481 e. The highest BCUT2D eigenvalue weighted by Crippen LogP contribution is 2.47. The molecule has 1 amide bonds. The molecule has 104 valence electrons. The summed E-state index contributed by atoms with van der Waals surface area (Å²) in [6, 6.07) is 3.51. The molecule has 1 fully saturated rings. The van der Waals surface area contributed by atoms with Crippen molar-refractivity contribution in [3.63, 3.8) is 0 Å². The maximum atomic E-state index is 12.1. The van der Waals surface area contributed by atoms with E-state index in [-0.39, 0.29) is 17.7 Å². The fourth-order valence-corrected chi connectivity index (χ4v) is 2.29. The summed E-state index contributed by atoms with van der Waals surface area (Å²) in [5.74, 6) is 0.879. The average molecular weight is 272 g/mol. The molecule has 0 radical (unpaired) electrons. The lowest BCUT2D eigenvalue weighted by Crippen LogP contribution is -2.14. The van der Waals surface area contributed by atoms with E-state index in [9.17, 15) is 4.79 Å². The van der Waals surface area contributed by atoms with Crippen molar-refractivity contribution in [1.29, 1.82) is 0 Å². The second-order valence-electron chi connectivity index (χ2n) is 4.97. The molecule has 0 spiro atoms. The molecular formula is C14H16N4O2. The zero-order valence-corrected chi connectivity index (χ0v) is 11.4. The summed E-state index contributed by atoms with van der Waals surface area (Å²) in [6.07, 6.45) is 6.26. The van der Waals surface area contributed by atoms with E-state index in [1.54, 1.807) is 30.1 Å². The molecule has 6 nitrogen and oxygen atoms in total. The fourth-order valence-electron chi connectivity index (χ4n) is 2.29. The zero-order valence-electron chi connectivity index (χ0n) is 11.4. The van der Waals surface area contributed by atoms with E-state index in [2.05, 4.69) is 15.4 Å². The van der Waals surface area contributed by atoms with Crippen LogP contribution in [0.3, 0.4) is 0 Å². The number of pyridine rings is 1. The number of nitrogens with zero attached hydrogens (tertiary/aromatic N) is 3. The van der Waals surface area contributed by atoms with Crippen LogP contribution in [0, 0.1) is 5.92 Å². The van der Waals surface area contributed by atoms with Crippen LogP contribution in [0.4, 0.5) is 5.69 Å². The van der Waals surface area contributed by atoms with Crippen LogP contribution in [-0.2, 0) is 11.8 Å². The van der Waals surface area contributed by atoms with Gasteiger partial charge in [-0.2, -0.15) is 5.10 Å². The van der Waals surface area contributed by atoms with Gasteiger partial charge >= 0.3 is 0 Å². The first-order valence-corrected chi connectivity index (χ1v) is 6.47. The number of ether oxygens (including phenoxy) is 1. The third kappa shape index (κ3) is 2.49. The predicted molar refractivity (Wildman–Crippen MR) is 73.5 cm³/mol. The van der Waals surface area contributed by atoms with Crippen molar-refractivity contribution in [2.45, 2.75) is 12.3 Å². The standard InChI is InChI=1S/C14H16N4O2/c1-18-8-9(6-16-18)11-5-12(11)14(19)17-10-3-4-13(20-2)15-7-10/h3-4,6-8,11-12H,5H2,1-2H3,(H,17,19)/t11-,12-/m1/s1. The summed E-state index contributed by atoms with van der Waals surface area (Å²) in [7, 11) is 3.44. The van der Waals surface area contributed by atoms with Gasteiger partial charge < -0.3 is 10.1 Å². The number of anilines is 1. The van der Waals surface area contributed by atoms with Crippen LogP contribution in [-0.4, -0.2) is 27.8 Å². The number of nitrogens with one attached hydrogen (secondary N) is 1. The van der Waals surface area contributed by atoms with E-state index < -0.39 is 0 Å². The summed E-state index contributed by atoms with van der Waals surface area (Å²) < 4.78 is 6.74. The van der Waals surface area contributed by atoms with Crippen LogP contribution in [0.5, 0.6) is 5.88 Å². The Morgan fingerprint density at radius 2 is 2.30 bits per heavy atom. The quantitative estimate of drug-likeness (QED) is 0.917. The SMILES string of the molecule is COc1ccc(NC(=O)[C@@H]2C[C@@H]2c2cnn(C)c2)cn1. The summed E-state index contributed by atoms with van der Waals surface area (Å²) in [5.41, 5.74) is 1.81. The normalized spacial score (nSPS) is 20.5. The molecule has 0 bridgehead atoms. The van der Waals surface area contributed by atoms with Crippen molar-refractivity contribution in [2.24, 2.45) is 13.0 Å². The smallest absolute Gasteiger partial charge is 0.228 e. The minimum atomic E-state index is 0.0290. The molecule has 1 saturated carbocycles. The first-order chi connectivity index (χ1) is 9.67. The molecular weight excluding hydrogens is 256 g/mol. The van der Waals surface area contributed by atoms with Gasteiger partial charge in [0.25, 0.3) is 0 Å². The van der Waals surface area contributed by atoms with E-state index in [0.29, 0.717) is 11.6 Å². The van der Waals surface area contributed by atoms with Gasteiger partial charge in [-0.1, -0.05) is 0 Å². The molecule has 0 aromatic carbocycles. The summed E-state index contributed by atoms with van der Waals surface area (Å²) in [6.45, 7) is 0. The highest BCUT2D eigenvalue weighted by atomic mass is 16.5.